The molecule has 9 heteroatoms. The molecular weight excluding hydrogens is 377 g/mol. The maximum atomic E-state index is 11.4. The minimum absolute atomic E-state index is 0.0124. The number of aromatic nitrogens is 4. The van der Waals surface area contributed by atoms with Gasteiger partial charge in [0.15, 0.2) is 17.0 Å². The van der Waals surface area contributed by atoms with Crippen molar-refractivity contribution >= 4 is 35.6 Å². The van der Waals surface area contributed by atoms with Crippen LogP contribution in [0, 0.1) is 0 Å². The van der Waals surface area contributed by atoms with Gasteiger partial charge in [0.05, 0.1) is 11.6 Å². The van der Waals surface area contributed by atoms with Gasteiger partial charge in [-0.3, -0.25) is 4.57 Å². The van der Waals surface area contributed by atoms with Crippen LogP contribution >= 0.6 is 7.60 Å². The lowest BCUT2D eigenvalue weighted by Gasteiger charge is -2.14. The first kappa shape index (κ1) is 19.1. The molecule has 0 radical (unpaired) electrons. The first-order chi connectivity index (χ1) is 13.3. The molecule has 1 saturated carbocycles. The molecule has 3 N–H and O–H groups in total. The van der Waals surface area contributed by atoms with Crippen molar-refractivity contribution in [3.63, 3.8) is 0 Å². The van der Waals surface area contributed by atoms with Gasteiger partial charge >= 0.3 is 7.60 Å². The summed E-state index contributed by atoms with van der Waals surface area (Å²) in [6.45, 7) is 4.18. The summed E-state index contributed by atoms with van der Waals surface area (Å²) in [5.41, 5.74) is 2.18. The molecule has 0 spiro atoms. The summed E-state index contributed by atoms with van der Waals surface area (Å²) in [4.78, 5) is 32.7. The van der Waals surface area contributed by atoms with Crippen molar-refractivity contribution in [2.75, 3.05) is 5.32 Å². The Morgan fingerprint density at radius 2 is 1.82 bits per heavy atom. The van der Waals surface area contributed by atoms with Gasteiger partial charge in [0.1, 0.15) is 5.82 Å². The molecule has 2 heterocycles. The van der Waals surface area contributed by atoms with E-state index in [4.69, 9.17) is 9.97 Å². The van der Waals surface area contributed by atoms with Crippen LogP contribution in [0.2, 0.25) is 0 Å². The summed E-state index contributed by atoms with van der Waals surface area (Å²) in [6, 6.07) is 6.35. The Kier molecular flexibility index (Phi) is 4.95. The molecule has 1 aliphatic carbocycles. The minimum atomic E-state index is -4.26. The van der Waals surface area contributed by atoms with Crippen LogP contribution in [-0.2, 0) is 4.57 Å². The van der Waals surface area contributed by atoms with Gasteiger partial charge in [-0.25, -0.2) is 15.0 Å². The number of nitrogens with one attached hydrogen (secondary N) is 1. The molecule has 2 aromatic heterocycles. The molecule has 3 aromatic rings. The van der Waals surface area contributed by atoms with E-state index in [1.807, 2.05) is 4.57 Å². The fraction of sp³-hybridized carbons (Fsp3) is 0.421. The van der Waals surface area contributed by atoms with Crippen molar-refractivity contribution in [3.8, 4) is 0 Å². The monoisotopic (exact) mass is 401 g/mol. The second kappa shape index (κ2) is 7.28. The van der Waals surface area contributed by atoms with Crippen molar-refractivity contribution in [3.05, 3.63) is 36.4 Å². The van der Waals surface area contributed by atoms with E-state index < -0.39 is 7.60 Å². The molecule has 1 fully saturated rings. The molecule has 0 amide bonds. The van der Waals surface area contributed by atoms with E-state index in [0.717, 1.165) is 24.3 Å². The third-order valence-electron chi connectivity index (χ3n) is 5.18. The van der Waals surface area contributed by atoms with Crippen LogP contribution in [0.4, 0.5) is 11.5 Å². The number of fused-ring (bicyclic) bond motifs is 1. The number of imidazole rings is 1. The third-order valence-corrected chi connectivity index (χ3v) is 6.15. The normalized spacial score (nSPS) is 15.6. The smallest absolute Gasteiger partial charge is 0.338 e. The molecule has 0 bridgehead atoms. The van der Waals surface area contributed by atoms with Crippen molar-refractivity contribution < 1.29 is 14.4 Å². The van der Waals surface area contributed by atoms with Crippen molar-refractivity contribution in [2.45, 2.75) is 51.5 Å². The van der Waals surface area contributed by atoms with Crippen LogP contribution in [-0.4, -0.2) is 29.3 Å². The summed E-state index contributed by atoms with van der Waals surface area (Å²) in [5.74, 6) is 1.81. The number of hydrogen-bond acceptors (Lipinski definition) is 5. The van der Waals surface area contributed by atoms with E-state index >= 15 is 0 Å². The highest BCUT2D eigenvalue weighted by Gasteiger charge is 2.23. The van der Waals surface area contributed by atoms with E-state index in [-0.39, 0.29) is 11.3 Å². The number of anilines is 2. The topological polar surface area (TPSA) is 113 Å². The van der Waals surface area contributed by atoms with Crippen molar-refractivity contribution in [2.24, 2.45) is 0 Å². The molecule has 8 nitrogen and oxygen atoms in total. The Morgan fingerprint density at radius 3 is 2.43 bits per heavy atom. The van der Waals surface area contributed by atoms with Crippen molar-refractivity contribution in [1.29, 1.82) is 0 Å². The number of nitrogens with zero attached hydrogens (tertiary/aromatic N) is 4. The fourth-order valence-corrected chi connectivity index (χ4v) is 4.18. The second-order valence-electron chi connectivity index (χ2n) is 7.55. The van der Waals surface area contributed by atoms with Crippen LogP contribution in [0.15, 0.2) is 30.6 Å². The minimum Gasteiger partial charge on any atom is -0.338 e. The van der Waals surface area contributed by atoms with Crippen LogP contribution in [0.5, 0.6) is 0 Å². The van der Waals surface area contributed by atoms with Gasteiger partial charge in [0.25, 0.3) is 0 Å². The highest BCUT2D eigenvalue weighted by atomic mass is 31.2. The second-order valence-corrected chi connectivity index (χ2v) is 9.15. The molecule has 0 aliphatic heterocycles. The van der Waals surface area contributed by atoms with Crippen LogP contribution in [0.3, 0.4) is 0 Å². The number of rotatable bonds is 5. The lowest BCUT2D eigenvalue weighted by Crippen LogP contribution is -2.08. The van der Waals surface area contributed by atoms with Gasteiger partial charge in [-0.15, -0.1) is 0 Å². The Hall–Kier alpha value is -2.28. The summed E-state index contributed by atoms with van der Waals surface area (Å²) in [5, 5.41) is 3.25. The largest absolute Gasteiger partial charge is 0.356 e. The Bertz CT molecular complexity index is 1040. The average molecular weight is 401 g/mol. The summed E-state index contributed by atoms with van der Waals surface area (Å²) in [6.07, 6.45) is 6.37. The predicted octanol–water partition coefficient (Wildman–Crippen LogP) is 3.61. The number of benzene rings is 1. The zero-order valence-corrected chi connectivity index (χ0v) is 16.8. The fourth-order valence-electron chi connectivity index (χ4n) is 3.64. The van der Waals surface area contributed by atoms with Crippen LogP contribution < -0.4 is 10.6 Å². The third kappa shape index (κ3) is 3.68. The Morgan fingerprint density at radius 1 is 1.14 bits per heavy atom. The highest BCUT2D eigenvalue weighted by Crippen LogP contribution is 2.36. The van der Waals surface area contributed by atoms with E-state index in [0.29, 0.717) is 22.9 Å². The summed E-state index contributed by atoms with van der Waals surface area (Å²) >= 11 is 0. The van der Waals surface area contributed by atoms with Gasteiger partial charge in [-0.1, -0.05) is 12.8 Å². The van der Waals surface area contributed by atoms with Crippen molar-refractivity contribution in [1.82, 2.24) is 19.5 Å². The SMILES string of the molecule is CC(C)n1cnc2c(Nc3ccc(P(=O)(O)O)cc3)nc(C3CCCC3)nc21. The van der Waals surface area contributed by atoms with Gasteiger partial charge in [0, 0.05) is 17.6 Å². The average Bonchev–Trinajstić information content (AvgIpc) is 3.31. The highest BCUT2D eigenvalue weighted by molar-refractivity contribution is 7.60. The van der Waals surface area contributed by atoms with Crippen LogP contribution in [0.1, 0.15) is 57.3 Å². The lowest BCUT2D eigenvalue weighted by atomic mass is 10.1. The zero-order chi connectivity index (χ0) is 19.9. The quantitative estimate of drug-likeness (QED) is 0.560. The molecular formula is C19H24N5O3P. The van der Waals surface area contributed by atoms with E-state index in [1.54, 1.807) is 18.5 Å². The Labute approximate surface area is 163 Å². The maximum Gasteiger partial charge on any atom is 0.356 e. The summed E-state index contributed by atoms with van der Waals surface area (Å²) < 4.78 is 13.4. The van der Waals surface area contributed by atoms with E-state index in [2.05, 4.69) is 24.1 Å². The van der Waals surface area contributed by atoms with E-state index in [1.165, 1.54) is 25.0 Å². The standard InChI is InChI=1S/C19H24N5O3P/c1-12(2)24-11-20-16-18(21-14-7-9-15(10-8-14)28(25,26)27)22-17(23-19(16)24)13-5-3-4-6-13/h7-13H,3-6H2,1-2H3,(H,21,22,23)(H2,25,26,27). The first-order valence-electron chi connectivity index (χ1n) is 9.50. The molecule has 4 rings (SSSR count). The number of hydrogen-bond donors (Lipinski definition) is 3. The molecule has 1 aromatic carbocycles. The first-order valence-corrected chi connectivity index (χ1v) is 11.1. The van der Waals surface area contributed by atoms with Gasteiger partial charge in [-0.2, -0.15) is 0 Å². The lowest BCUT2D eigenvalue weighted by molar-refractivity contribution is 0.387. The van der Waals surface area contributed by atoms with Gasteiger partial charge in [0.2, 0.25) is 0 Å². The molecule has 0 atom stereocenters. The maximum absolute atomic E-state index is 11.4. The predicted molar refractivity (Wildman–Crippen MR) is 108 cm³/mol. The van der Waals surface area contributed by atoms with Gasteiger partial charge < -0.3 is 19.7 Å². The molecule has 0 saturated heterocycles. The summed E-state index contributed by atoms with van der Waals surface area (Å²) in [7, 11) is -4.26. The zero-order valence-electron chi connectivity index (χ0n) is 15.9. The van der Waals surface area contributed by atoms with Gasteiger partial charge in [-0.05, 0) is 51.0 Å². The molecule has 0 unspecified atom stereocenters. The van der Waals surface area contributed by atoms with E-state index in [9.17, 15) is 14.4 Å². The Balaban J connectivity index is 1.75. The molecule has 28 heavy (non-hydrogen) atoms. The molecule has 1 aliphatic rings. The molecule has 148 valence electrons. The van der Waals surface area contributed by atoms with Crippen LogP contribution in [0.25, 0.3) is 11.2 Å².